The smallest absolute Gasteiger partial charge is 0.338 e. The number of fused-ring (bicyclic) bond motifs is 1. The van der Waals surface area contributed by atoms with Crippen LogP contribution in [0.3, 0.4) is 0 Å². The highest BCUT2D eigenvalue weighted by molar-refractivity contribution is 6.04. The van der Waals surface area contributed by atoms with Crippen LogP contribution >= 0.6 is 0 Å². The second kappa shape index (κ2) is 4.77. The first-order valence-corrected chi connectivity index (χ1v) is 5.08. The number of aliphatic hydroxyl groups excluding tert-OH is 1. The number of hydrogen-bond donors (Lipinski definition) is 1. The normalized spacial score (nSPS) is 10.3. The van der Waals surface area contributed by atoms with Crippen molar-refractivity contribution in [2.75, 3.05) is 13.2 Å². The summed E-state index contributed by atoms with van der Waals surface area (Å²) in [5.74, 6) is -0.397. The predicted molar refractivity (Wildman–Crippen MR) is 61.3 cm³/mol. The van der Waals surface area contributed by atoms with Gasteiger partial charge in [0.25, 0.3) is 0 Å². The molecule has 0 aliphatic carbocycles. The molecule has 0 aliphatic heterocycles. The molecule has 0 heterocycles. The zero-order valence-electron chi connectivity index (χ0n) is 8.72. The summed E-state index contributed by atoms with van der Waals surface area (Å²) < 4.78 is 4.90. The molecule has 0 aliphatic rings. The molecule has 0 radical (unpaired) electrons. The number of esters is 1. The van der Waals surface area contributed by atoms with E-state index in [4.69, 9.17) is 9.84 Å². The van der Waals surface area contributed by atoms with Crippen molar-refractivity contribution in [1.82, 2.24) is 0 Å². The van der Waals surface area contributed by atoms with Crippen LogP contribution in [-0.2, 0) is 4.74 Å². The van der Waals surface area contributed by atoms with E-state index in [0.29, 0.717) is 5.56 Å². The van der Waals surface area contributed by atoms with E-state index in [1.54, 1.807) is 6.07 Å². The van der Waals surface area contributed by atoms with Gasteiger partial charge < -0.3 is 9.84 Å². The summed E-state index contributed by atoms with van der Waals surface area (Å²) in [6.07, 6.45) is 0. The highest BCUT2D eigenvalue weighted by Crippen LogP contribution is 2.18. The Morgan fingerprint density at radius 3 is 2.69 bits per heavy atom. The van der Waals surface area contributed by atoms with Crippen LogP contribution in [-0.4, -0.2) is 24.3 Å². The number of ether oxygens (including phenoxy) is 1. The SMILES string of the molecule is O=C(OCCO)c1cccc2ccccc12. The minimum atomic E-state index is -0.397. The van der Waals surface area contributed by atoms with Crippen LogP contribution in [0.15, 0.2) is 42.5 Å². The highest BCUT2D eigenvalue weighted by atomic mass is 16.5. The van der Waals surface area contributed by atoms with Crippen LogP contribution in [0.2, 0.25) is 0 Å². The maximum absolute atomic E-state index is 11.7. The third kappa shape index (κ3) is 2.04. The van der Waals surface area contributed by atoms with Gasteiger partial charge in [-0.1, -0.05) is 36.4 Å². The van der Waals surface area contributed by atoms with Crippen molar-refractivity contribution in [3.8, 4) is 0 Å². The molecule has 0 spiro atoms. The molecule has 1 N–H and O–H groups in total. The van der Waals surface area contributed by atoms with Gasteiger partial charge in [-0.2, -0.15) is 0 Å². The molecule has 0 saturated carbocycles. The Bertz CT molecular complexity index is 500. The summed E-state index contributed by atoms with van der Waals surface area (Å²) in [6.45, 7) is -0.126. The summed E-state index contributed by atoms with van der Waals surface area (Å²) in [5.41, 5.74) is 0.534. The monoisotopic (exact) mass is 216 g/mol. The highest BCUT2D eigenvalue weighted by Gasteiger charge is 2.10. The van der Waals surface area contributed by atoms with Gasteiger partial charge in [0, 0.05) is 0 Å². The molecule has 2 aromatic rings. The maximum atomic E-state index is 11.7. The Kier molecular flexibility index (Phi) is 3.17. The first-order chi connectivity index (χ1) is 7.83. The number of carbonyl (C=O) groups excluding carboxylic acids is 1. The van der Waals surface area contributed by atoms with Crippen molar-refractivity contribution in [1.29, 1.82) is 0 Å². The largest absolute Gasteiger partial charge is 0.460 e. The Labute approximate surface area is 93.3 Å². The molecule has 0 fully saturated rings. The van der Waals surface area contributed by atoms with Crippen LogP contribution in [0.5, 0.6) is 0 Å². The molecule has 16 heavy (non-hydrogen) atoms. The van der Waals surface area contributed by atoms with Crippen molar-refractivity contribution in [2.24, 2.45) is 0 Å². The summed E-state index contributed by atoms with van der Waals surface area (Å²) >= 11 is 0. The van der Waals surface area contributed by atoms with Gasteiger partial charge in [-0.05, 0) is 16.8 Å². The fraction of sp³-hybridized carbons (Fsp3) is 0.154. The molecule has 0 amide bonds. The van der Waals surface area contributed by atoms with Gasteiger partial charge in [0.1, 0.15) is 6.61 Å². The molecule has 3 nitrogen and oxygen atoms in total. The number of carbonyl (C=O) groups is 1. The van der Waals surface area contributed by atoms with Gasteiger partial charge in [-0.3, -0.25) is 0 Å². The van der Waals surface area contributed by atoms with Crippen LogP contribution in [0.25, 0.3) is 10.8 Å². The zero-order valence-corrected chi connectivity index (χ0v) is 8.72. The number of benzene rings is 2. The fourth-order valence-electron chi connectivity index (χ4n) is 1.62. The van der Waals surface area contributed by atoms with Crippen LogP contribution in [0.4, 0.5) is 0 Å². The molecular formula is C13H12O3. The summed E-state index contributed by atoms with van der Waals surface area (Å²) in [6, 6.07) is 13.1. The molecule has 0 atom stereocenters. The zero-order chi connectivity index (χ0) is 11.4. The second-order valence-electron chi connectivity index (χ2n) is 3.39. The summed E-state index contributed by atoms with van der Waals surface area (Å²) in [7, 11) is 0. The van der Waals surface area contributed by atoms with Crippen molar-refractivity contribution >= 4 is 16.7 Å². The van der Waals surface area contributed by atoms with E-state index in [1.165, 1.54) is 0 Å². The molecule has 82 valence electrons. The lowest BCUT2D eigenvalue weighted by Gasteiger charge is -2.06. The van der Waals surface area contributed by atoms with Gasteiger partial charge in [-0.25, -0.2) is 4.79 Å². The molecule has 0 unspecified atom stereocenters. The van der Waals surface area contributed by atoms with Gasteiger partial charge in [-0.15, -0.1) is 0 Å². The first kappa shape index (κ1) is 10.6. The van der Waals surface area contributed by atoms with Gasteiger partial charge in [0.15, 0.2) is 0 Å². The van der Waals surface area contributed by atoms with E-state index < -0.39 is 5.97 Å². The van der Waals surface area contributed by atoms with Gasteiger partial charge in [0.2, 0.25) is 0 Å². The van der Waals surface area contributed by atoms with Crippen molar-refractivity contribution in [3.05, 3.63) is 48.0 Å². The summed E-state index contributed by atoms with van der Waals surface area (Å²) in [4.78, 5) is 11.7. The first-order valence-electron chi connectivity index (χ1n) is 5.08. The van der Waals surface area contributed by atoms with Crippen molar-refractivity contribution < 1.29 is 14.6 Å². The van der Waals surface area contributed by atoms with Crippen molar-refractivity contribution in [2.45, 2.75) is 0 Å². The van der Waals surface area contributed by atoms with Gasteiger partial charge in [0.05, 0.1) is 12.2 Å². The number of hydrogen-bond acceptors (Lipinski definition) is 3. The molecule has 0 bridgehead atoms. The fourth-order valence-corrected chi connectivity index (χ4v) is 1.62. The average molecular weight is 216 g/mol. The topological polar surface area (TPSA) is 46.5 Å². The second-order valence-corrected chi connectivity index (χ2v) is 3.39. The number of aliphatic hydroxyl groups is 1. The third-order valence-corrected chi connectivity index (χ3v) is 2.33. The lowest BCUT2D eigenvalue weighted by Crippen LogP contribution is -2.09. The predicted octanol–water partition coefficient (Wildman–Crippen LogP) is 1.99. The van der Waals surface area contributed by atoms with E-state index in [-0.39, 0.29) is 13.2 Å². The molecule has 2 rings (SSSR count). The Morgan fingerprint density at radius 2 is 1.88 bits per heavy atom. The van der Waals surface area contributed by atoms with E-state index in [2.05, 4.69) is 0 Å². The quantitative estimate of drug-likeness (QED) is 0.798. The lowest BCUT2D eigenvalue weighted by molar-refractivity contribution is 0.0436. The Morgan fingerprint density at radius 1 is 1.12 bits per heavy atom. The van der Waals surface area contributed by atoms with Gasteiger partial charge >= 0.3 is 5.97 Å². The molecular weight excluding hydrogens is 204 g/mol. The molecule has 2 aromatic carbocycles. The molecule has 3 heteroatoms. The maximum Gasteiger partial charge on any atom is 0.338 e. The molecule has 0 aromatic heterocycles. The Hall–Kier alpha value is -1.87. The average Bonchev–Trinajstić information content (AvgIpc) is 2.35. The minimum Gasteiger partial charge on any atom is -0.460 e. The summed E-state index contributed by atoms with van der Waals surface area (Å²) in [5, 5.41) is 10.5. The van der Waals surface area contributed by atoms with Crippen molar-refractivity contribution in [3.63, 3.8) is 0 Å². The molecule has 0 saturated heterocycles. The Balaban J connectivity index is 2.40. The van der Waals surface area contributed by atoms with E-state index >= 15 is 0 Å². The van der Waals surface area contributed by atoms with E-state index in [0.717, 1.165) is 10.8 Å². The van der Waals surface area contributed by atoms with Crippen LogP contribution in [0, 0.1) is 0 Å². The van der Waals surface area contributed by atoms with E-state index in [1.807, 2.05) is 36.4 Å². The minimum absolute atomic E-state index is 0.0298. The lowest BCUT2D eigenvalue weighted by atomic mass is 10.1. The standard InChI is InChI=1S/C13H12O3/c14-8-9-16-13(15)12-7-3-5-10-4-1-2-6-11(10)12/h1-7,14H,8-9H2. The third-order valence-electron chi connectivity index (χ3n) is 2.33. The van der Waals surface area contributed by atoms with Crippen LogP contribution in [0.1, 0.15) is 10.4 Å². The number of rotatable bonds is 3. The van der Waals surface area contributed by atoms with Crippen LogP contribution < -0.4 is 0 Å². The van der Waals surface area contributed by atoms with E-state index in [9.17, 15) is 4.79 Å².